The fourth-order valence-corrected chi connectivity index (χ4v) is 3.05. The van der Waals surface area contributed by atoms with E-state index in [1.165, 1.54) is 11.8 Å². The molecule has 0 saturated heterocycles. The van der Waals surface area contributed by atoms with Crippen molar-refractivity contribution in [2.45, 2.75) is 9.92 Å². The Morgan fingerprint density at radius 1 is 1.28 bits per heavy atom. The summed E-state index contributed by atoms with van der Waals surface area (Å²) < 4.78 is 1.58. The molecule has 1 aromatic carbocycles. The molecular formula is C12H7Br2NO2S. The number of aromatic nitrogens is 1. The highest BCUT2D eigenvalue weighted by Crippen LogP contribution is 2.34. The Bertz CT molecular complexity index is 604. The average molecular weight is 389 g/mol. The number of carboxylic acids is 1. The number of carboxylic acid groups (broad SMARTS) is 1. The Morgan fingerprint density at radius 3 is 2.72 bits per heavy atom. The van der Waals surface area contributed by atoms with E-state index in [4.69, 9.17) is 0 Å². The smallest absolute Gasteiger partial charge is 0.336 e. The van der Waals surface area contributed by atoms with Gasteiger partial charge in [-0.2, -0.15) is 0 Å². The minimum atomic E-state index is -0.953. The van der Waals surface area contributed by atoms with Crippen LogP contribution in [0.25, 0.3) is 0 Å². The zero-order chi connectivity index (χ0) is 13.1. The van der Waals surface area contributed by atoms with Crippen molar-refractivity contribution >= 4 is 49.6 Å². The van der Waals surface area contributed by atoms with Gasteiger partial charge in [-0.1, -0.05) is 27.7 Å². The van der Waals surface area contributed by atoms with E-state index in [0.29, 0.717) is 4.90 Å². The summed E-state index contributed by atoms with van der Waals surface area (Å²) in [6.07, 6.45) is 1.67. The minimum absolute atomic E-state index is 0.256. The lowest BCUT2D eigenvalue weighted by Gasteiger charge is -2.06. The number of benzene rings is 1. The summed E-state index contributed by atoms with van der Waals surface area (Å²) in [6, 6.07) is 8.84. The van der Waals surface area contributed by atoms with Crippen LogP contribution in [0.2, 0.25) is 0 Å². The molecule has 6 heteroatoms. The first-order valence-electron chi connectivity index (χ1n) is 4.89. The van der Waals surface area contributed by atoms with Crippen molar-refractivity contribution in [2.75, 3.05) is 0 Å². The fraction of sp³-hybridized carbons (Fsp3) is 0. The SMILES string of the molecule is O=C(O)c1cc(Br)ccc1Sc1ncccc1Br. The lowest BCUT2D eigenvalue weighted by molar-refractivity contribution is 0.0693. The zero-order valence-electron chi connectivity index (χ0n) is 8.93. The number of carbonyl (C=O) groups is 1. The molecule has 18 heavy (non-hydrogen) atoms. The van der Waals surface area contributed by atoms with E-state index in [1.54, 1.807) is 18.3 Å². The highest BCUT2D eigenvalue weighted by atomic mass is 79.9. The van der Waals surface area contributed by atoms with Gasteiger partial charge in [-0.05, 0) is 46.3 Å². The number of halogens is 2. The highest BCUT2D eigenvalue weighted by Gasteiger charge is 2.13. The molecule has 0 atom stereocenters. The Hall–Kier alpha value is -0.850. The van der Waals surface area contributed by atoms with Gasteiger partial charge in [0, 0.05) is 15.6 Å². The Kier molecular flexibility index (Phi) is 4.42. The van der Waals surface area contributed by atoms with Gasteiger partial charge in [0.2, 0.25) is 0 Å². The number of aromatic carboxylic acids is 1. The molecule has 0 bridgehead atoms. The standard InChI is InChI=1S/C12H7Br2NO2S/c13-7-3-4-10(8(6-7)12(16)17)18-11-9(14)2-1-5-15-11/h1-6H,(H,16,17). The van der Waals surface area contributed by atoms with Gasteiger partial charge in [0.25, 0.3) is 0 Å². The largest absolute Gasteiger partial charge is 0.478 e. The number of pyridine rings is 1. The molecule has 0 aliphatic carbocycles. The van der Waals surface area contributed by atoms with E-state index in [9.17, 15) is 9.90 Å². The maximum Gasteiger partial charge on any atom is 0.336 e. The van der Waals surface area contributed by atoms with E-state index in [1.807, 2.05) is 18.2 Å². The first-order valence-corrected chi connectivity index (χ1v) is 7.29. The molecule has 1 N–H and O–H groups in total. The van der Waals surface area contributed by atoms with Gasteiger partial charge in [0.1, 0.15) is 5.03 Å². The number of nitrogens with zero attached hydrogens (tertiary/aromatic N) is 1. The molecule has 0 fully saturated rings. The summed E-state index contributed by atoms with van der Waals surface area (Å²) in [6.45, 7) is 0. The molecule has 3 nitrogen and oxygen atoms in total. The number of rotatable bonds is 3. The monoisotopic (exact) mass is 387 g/mol. The Morgan fingerprint density at radius 2 is 2.06 bits per heavy atom. The molecule has 0 spiro atoms. The van der Waals surface area contributed by atoms with Crippen molar-refractivity contribution in [1.82, 2.24) is 4.98 Å². The molecule has 0 unspecified atom stereocenters. The van der Waals surface area contributed by atoms with E-state index >= 15 is 0 Å². The maximum atomic E-state index is 11.2. The van der Waals surface area contributed by atoms with Crippen molar-refractivity contribution < 1.29 is 9.90 Å². The topological polar surface area (TPSA) is 50.2 Å². The van der Waals surface area contributed by atoms with Crippen molar-refractivity contribution in [3.05, 3.63) is 51.0 Å². The molecule has 0 aliphatic heterocycles. The van der Waals surface area contributed by atoms with Crippen LogP contribution in [-0.2, 0) is 0 Å². The van der Waals surface area contributed by atoms with Crippen molar-refractivity contribution in [1.29, 1.82) is 0 Å². The average Bonchev–Trinajstić information content (AvgIpc) is 2.34. The van der Waals surface area contributed by atoms with Crippen LogP contribution in [0.15, 0.2) is 55.4 Å². The van der Waals surface area contributed by atoms with Crippen LogP contribution in [-0.4, -0.2) is 16.1 Å². The van der Waals surface area contributed by atoms with Crippen LogP contribution < -0.4 is 0 Å². The van der Waals surface area contributed by atoms with Crippen molar-refractivity contribution in [2.24, 2.45) is 0 Å². The number of hydrogen-bond acceptors (Lipinski definition) is 3. The van der Waals surface area contributed by atoms with Gasteiger partial charge in [0.15, 0.2) is 0 Å². The second-order valence-corrected chi connectivity index (χ2v) is 6.14. The van der Waals surface area contributed by atoms with Crippen LogP contribution in [0, 0.1) is 0 Å². The van der Waals surface area contributed by atoms with Gasteiger partial charge in [-0.25, -0.2) is 9.78 Å². The molecule has 0 aliphatic rings. The summed E-state index contributed by atoms with van der Waals surface area (Å²) in [5.41, 5.74) is 0.256. The van der Waals surface area contributed by atoms with Crippen LogP contribution >= 0.6 is 43.6 Å². The molecule has 0 radical (unpaired) electrons. The Labute approximate surface area is 125 Å². The molecular weight excluding hydrogens is 382 g/mol. The van der Waals surface area contributed by atoms with Crippen LogP contribution in [0.4, 0.5) is 0 Å². The van der Waals surface area contributed by atoms with E-state index in [0.717, 1.165) is 14.0 Å². The van der Waals surface area contributed by atoms with Crippen LogP contribution in [0.5, 0.6) is 0 Å². The third kappa shape index (κ3) is 3.13. The highest BCUT2D eigenvalue weighted by molar-refractivity contribution is 9.10. The van der Waals surface area contributed by atoms with Gasteiger partial charge in [0.05, 0.1) is 10.0 Å². The predicted octanol–water partition coefficient (Wildman–Crippen LogP) is 4.46. The van der Waals surface area contributed by atoms with Gasteiger partial charge in [-0.15, -0.1) is 0 Å². The molecule has 2 aromatic rings. The summed E-state index contributed by atoms with van der Waals surface area (Å²) >= 11 is 7.98. The van der Waals surface area contributed by atoms with Crippen LogP contribution in [0.1, 0.15) is 10.4 Å². The maximum absolute atomic E-state index is 11.2. The molecule has 0 saturated carbocycles. The van der Waals surface area contributed by atoms with Gasteiger partial charge < -0.3 is 5.11 Å². The zero-order valence-corrected chi connectivity index (χ0v) is 12.9. The number of hydrogen-bond donors (Lipinski definition) is 1. The third-order valence-electron chi connectivity index (χ3n) is 2.10. The first-order chi connectivity index (χ1) is 8.58. The molecule has 92 valence electrons. The lowest BCUT2D eigenvalue weighted by atomic mass is 10.2. The quantitative estimate of drug-likeness (QED) is 0.843. The van der Waals surface area contributed by atoms with Gasteiger partial charge >= 0.3 is 5.97 Å². The van der Waals surface area contributed by atoms with E-state index in [2.05, 4.69) is 36.8 Å². The second kappa shape index (κ2) is 5.86. The van der Waals surface area contributed by atoms with Crippen molar-refractivity contribution in [3.63, 3.8) is 0 Å². The molecule has 0 amide bonds. The second-order valence-electron chi connectivity index (χ2n) is 3.34. The summed E-state index contributed by atoms with van der Waals surface area (Å²) in [5, 5.41) is 9.91. The van der Waals surface area contributed by atoms with Gasteiger partial charge in [-0.3, -0.25) is 0 Å². The summed E-state index contributed by atoms with van der Waals surface area (Å²) in [7, 11) is 0. The summed E-state index contributed by atoms with van der Waals surface area (Å²) in [5.74, 6) is -0.953. The summed E-state index contributed by atoms with van der Waals surface area (Å²) in [4.78, 5) is 16.0. The molecule has 2 rings (SSSR count). The fourth-order valence-electron chi connectivity index (χ4n) is 1.31. The van der Waals surface area contributed by atoms with E-state index < -0.39 is 5.97 Å². The van der Waals surface area contributed by atoms with E-state index in [-0.39, 0.29) is 5.56 Å². The first kappa shape index (κ1) is 13.6. The third-order valence-corrected chi connectivity index (χ3v) is 4.59. The molecule has 1 aromatic heterocycles. The minimum Gasteiger partial charge on any atom is -0.478 e. The predicted molar refractivity (Wildman–Crippen MR) is 77.2 cm³/mol. The Balaban J connectivity index is 2.41. The normalized spacial score (nSPS) is 10.3. The van der Waals surface area contributed by atoms with Crippen LogP contribution in [0.3, 0.4) is 0 Å². The lowest BCUT2D eigenvalue weighted by Crippen LogP contribution is -1.99. The molecule has 1 heterocycles. The van der Waals surface area contributed by atoms with Crippen molar-refractivity contribution in [3.8, 4) is 0 Å².